The van der Waals surface area contributed by atoms with Crippen LogP contribution in [-0.4, -0.2) is 67.4 Å². The Kier molecular flexibility index (Phi) is 12.4. The molecule has 0 aliphatic carbocycles. The average molecular weight is 478 g/mol. The molecule has 0 saturated carbocycles. The van der Waals surface area contributed by atoms with E-state index in [1.807, 2.05) is 0 Å². The first-order valence-corrected chi connectivity index (χ1v) is 12.0. The van der Waals surface area contributed by atoms with Gasteiger partial charge in [-0.2, -0.15) is 13.2 Å². The molecule has 1 aliphatic heterocycles. The third-order valence-corrected chi connectivity index (χ3v) is 5.41. The van der Waals surface area contributed by atoms with Crippen LogP contribution in [0.5, 0.6) is 0 Å². The quantitative estimate of drug-likeness (QED) is 0.362. The standard InChI is InChI=1S/C23H38F3N3O4/c1-4-7-12-30-16-18-20(32-14-9-6-3)19(31-13-8-5-2)17(15-33-18)29-22-21(23(24,25)26)27-10-11-28-22/h10-11,17-20H,4-9,12-16H2,1-3H3,(H,28,29)/t17-,18+,19+,20-/m0/s1. The summed E-state index contributed by atoms with van der Waals surface area (Å²) in [5.41, 5.74) is -1.06. The lowest BCUT2D eigenvalue weighted by Gasteiger charge is -2.43. The lowest BCUT2D eigenvalue weighted by Crippen LogP contribution is -2.59. The second-order valence-electron chi connectivity index (χ2n) is 8.18. The molecule has 190 valence electrons. The number of aromatic nitrogens is 2. The molecule has 33 heavy (non-hydrogen) atoms. The second-order valence-corrected chi connectivity index (χ2v) is 8.18. The van der Waals surface area contributed by atoms with E-state index in [1.54, 1.807) is 0 Å². The molecule has 1 fully saturated rings. The predicted molar refractivity (Wildman–Crippen MR) is 119 cm³/mol. The highest BCUT2D eigenvalue weighted by Gasteiger charge is 2.44. The Bertz CT molecular complexity index is 666. The van der Waals surface area contributed by atoms with Crippen LogP contribution >= 0.6 is 0 Å². The fourth-order valence-corrected chi connectivity index (χ4v) is 3.54. The number of unbranched alkanes of at least 4 members (excludes halogenated alkanes) is 3. The first-order chi connectivity index (χ1) is 15.9. The van der Waals surface area contributed by atoms with E-state index in [2.05, 4.69) is 36.1 Å². The van der Waals surface area contributed by atoms with Gasteiger partial charge in [-0.25, -0.2) is 9.97 Å². The molecule has 0 spiro atoms. The Morgan fingerprint density at radius 2 is 1.55 bits per heavy atom. The van der Waals surface area contributed by atoms with Gasteiger partial charge in [0.15, 0.2) is 11.5 Å². The van der Waals surface area contributed by atoms with Crippen molar-refractivity contribution in [3.63, 3.8) is 0 Å². The molecule has 0 amide bonds. The van der Waals surface area contributed by atoms with Gasteiger partial charge in [0.25, 0.3) is 0 Å². The van der Waals surface area contributed by atoms with E-state index >= 15 is 0 Å². The lowest BCUT2D eigenvalue weighted by molar-refractivity contribution is -0.194. The molecule has 1 N–H and O–H groups in total. The van der Waals surface area contributed by atoms with Crippen molar-refractivity contribution in [1.29, 1.82) is 0 Å². The second kappa shape index (κ2) is 14.7. The molecular weight excluding hydrogens is 439 g/mol. The van der Waals surface area contributed by atoms with Crippen LogP contribution in [0.3, 0.4) is 0 Å². The van der Waals surface area contributed by atoms with Gasteiger partial charge in [0.2, 0.25) is 0 Å². The van der Waals surface area contributed by atoms with E-state index < -0.39 is 30.1 Å². The Hall–Kier alpha value is -1.49. The van der Waals surface area contributed by atoms with Crippen molar-refractivity contribution >= 4 is 5.82 Å². The Balaban J connectivity index is 2.22. The number of anilines is 1. The molecule has 0 aromatic carbocycles. The molecule has 7 nitrogen and oxygen atoms in total. The zero-order chi connectivity index (χ0) is 24.1. The summed E-state index contributed by atoms with van der Waals surface area (Å²) in [4.78, 5) is 7.38. The molecule has 1 aliphatic rings. The van der Waals surface area contributed by atoms with Gasteiger partial charge < -0.3 is 24.3 Å². The molecule has 2 heterocycles. The van der Waals surface area contributed by atoms with Gasteiger partial charge in [-0.3, -0.25) is 0 Å². The van der Waals surface area contributed by atoms with Crippen molar-refractivity contribution in [2.24, 2.45) is 0 Å². The smallest absolute Gasteiger partial charge is 0.379 e. The number of ether oxygens (including phenoxy) is 4. The lowest BCUT2D eigenvalue weighted by atomic mass is 9.97. The molecule has 1 aromatic rings. The number of nitrogens with one attached hydrogen (secondary N) is 1. The maximum atomic E-state index is 13.4. The molecule has 0 bridgehead atoms. The SMILES string of the molecule is CCCCOC[C@H]1OC[C@H](Nc2nccnc2C(F)(F)F)[C@@H](OCCCC)[C@H]1OCCCC. The fraction of sp³-hybridized carbons (Fsp3) is 0.826. The summed E-state index contributed by atoms with van der Waals surface area (Å²) in [7, 11) is 0. The van der Waals surface area contributed by atoms with Gasteiger partial charge >= 0.3 is 6.18 Å². The van der Waals surface area contributed by atoms with Gasteiger partial charge in [0.05, 0.1) is 19.3 Å². The predicted octanol–water partition coefficient (Wildman–Crippen LogP) is 4.86. The Labute approximate surface area is 194 Å². The summed E-state index contributed by atoms with van der Waals surface area (Å²) in [6, 6.07) is -0.585. The van der Waals surface area contributed by atoms with Crippen LogP contribution in [0.15, 0.2) is 12.4 Å². The van der Waals surface area contributed by atoms with Crippen LogP contribution < -0.4 is 5.32 Å². The van der Waals surface area contributed by atoms with Crippen LogP contribution in [0.2, 0.25) is 0 Å². The van der Waals surface area contributed by atoms with E-state index in [0.29, 0.717) is 26.4 Å². The minimum atomic E-state index is -4.63. The van der Waals surface area contributed by atoms with Crippen molar-refractivity contribution in [2.45, 2.75) is 89.8 Å². The number of hydrogen-bond acceptors (Lipinski definition) is 7. The summed E-state index contributed by atoms with van der Waals surface area (Å²) >= 11 is 0. The molecular formula is C23H38F3N3O4. The van der Waals surface area contributed by atoms with E-state index in [9.17, 15) is 13.2 Å². The maximum Gasteiger partial charge on any atom is 0.437 e. The van der Waals surface area contributed by atoms with Crippen molar-refractivity contribution in [3.8, 4) is 0 Å². The van der Waals surface area contributed by atoms with Crippen molar-refractivity contribution in [3.05, 3.63) is 18.1 Å². The Morgan fingerprint density at radius 1 is 0.939 bits per heavy atom. The first kappa shape index (κ1) is 27.8. The van der Waals surface area contributed by atoms with Crippen LogP contribution in [0.25, 0.3) is 0 Å². The Morgan fingerprint density at radius 3 is 2.18 bits per heavy atom. The van der Waals surface area contributed by atoms with Gasteiger partial charge in [0, 0.05) is 32.2 Å². The third-order valence-electron chi connectivity index (χ3n) is 5.41. The number of hydrogen-bond donors (Lipinski definition) is 1. The highest BCUT2D eigenvalue weighted by atomic mass is 19.4. The molecule has 1 saturated heterocycles. The molecule has 1 aromatic heterocycles. The third kappa shape index (κ3) is 8.99. The van der Waals surface area contributed by atoms with Gasteiger partial charge in [-0.15, -0.1) is 0 Å². The minimum absolute atomic E-state index is 0.139. The highest BCUT2D eigenvalue weighted by molar-refractivity contribution is 5.42. The van der Waals surface area contributed by atoms with E-state index in [-0.39, 0.29) is 18.5 Å². The molecule has 10 heteroatoms. The van der Waals surface area contributed by atoms with E-state index in [1.165, 1.54) is 6.20 Å². The fourth-order valence-electron chi connectivity index (χ4n) is 3.54. The van der Waals surface area contributed by atoms with Crippen LogP contribution in [0, 0.1) is 0 Å². The zero-order valence-corrected chi connectivity index (χ0v) is 19.9. The molecule has 2 rings (SSSR count). The van der Waals surface area contributed by atoms with Crippen molar-refractivity contribution < 1.29 is 32.1 Å². The topological polar surface area (TPSA) is 74.7 Å². The van der Waals surface area contributed by atoms with Gasteiger partial charge in [-0.1, -0.05) is 40.0 Å². The number of rotatable bonds is 15. The summed E-state index contributed by atoms with van der Waals surface area (Å²) in [6.07, 6.45) is 1.83. The van der Waals surface area contributed by atoms with Crippen molar-refractivity contribution in [2.75, 3.05) is 38.4 Å². The number of alkyl halides is 3. The summed E-state index contributed by atoms with van der Waals surface area (Å²) in [5.74, 6) is -0.340. The van der Waals surface area contributed by atoms with Crippen LogP contribution in [0.1, 0.15) is 65.0 Å². The minimum Gasteiger partial charge on any atom is -0.379 e. The van der Waals surface area contributed by atoms with E-state index in [0.717, 1.165) is 44.7 Å². The summed E-state index contributed by atoms with van der Waals surface area (Å²) in [6.45, 7) is 8.30. The van der Waals surface area contributed by atoms with Gasteiger partial charge in [-0.05, 0) is 19.3 Å². The zero-order valence-electron chi connectivity index (χ0n) is 19.9. The highest BCUT2D eigenvalue weighted by Crippen LogP contribution is 2.33. The van der Waals surface area contributed by atoms with Crippen LogP contribution in [0.4, 0.5) is 19.0 Å². The first-order valence-electron chi connectivity index (χ1n) is 12.0. The number of halogens is 3. The molecule has 0 unspecified atom stereocenters. The number of nitrogens with zero attached hydrogens (tertiary/aromatic N) is 2. The molecule has 4 atom stereocenters. The monoisotopic (exact) mass is 477 g/mol. The summed E-state index contributed by atoms with van der Waals surface area (Å²) in [5, 5.41) is 2.89. The normalized spacial score (nSPS) is 23.6. The molecule has 0 radical (unpaired) electrons. The van der Waals surface area contributed by atoms with E-state index in [4.69, 9.17) is 18.9 Å². The largest absolute Gasteiger partial charge is 0.437 e. The summed E-state index contributed by atoms with van der Waals surface area (Å²) < 4.78 is 64.5. The van der Waals surface area contributed by atoms with Crippen LogP contribution in [-0.2, 0) is 25.1 Å². The maximum absolute atomic E-state index is 13.4. The van der Waals surface area contributed by atoms with Gasteiger partial charge in [0.1, 0.15) is 18.3 Å². The van der Waals surface area contributed by atoms with Crippen molar-refractivity contribution in [1.82, 2.24) is 9.97 Å². The average Bonchev–Trinajstić information content (AvgIpc) is 2.79.